The lowest BCUT2D eigenvalue weighted by Crippen LogP contribution is -2.16. The number of non-ortho nitro benzene ring substituents is 1. The highest BCUT2D eigenvalue weighted by molar-refractivity contribution is 5.90. The first kappa shape index (κ1) is 17.9. The SMILES string of the molecule is O=C(CCn1nc(C(F)(F)F)cc1C1CC1)Nc1ccc([N+](=O)[O-])cc1. The molecule has 1 aliphatic rings. The van der Waals surface area contributed by atoms with Gasteiger partial charge >= 0.3 is 6.18 Å². The van der Waals surface area contributed by atoms with E-state index in [1.54, 1.807) is 0 Å². The van der Waals surface area contributed by atoms with Gasteiger partial charge in [-0.2, -0.15) is 18.3 Å². The maximum atomic E-state index is 12.8. The molecule has 26 heavy (non-hydrogen) atoms. The lowest BCUT2D eigenvalue weighted by atomic mass is 10.2. The number of carbonyl (C=O) groups excluding carboxylic acids is 1. The lowest BCUT2D eigenvalue weighted by molar-refractivity contribution is -0.384. The van der Waals surface area contributed by atoms with Crippen molar-refractivity contribution in [2.75, 3.05) is 5.32 Å². The Hall–Kier alpha value is -2.91. The summed E-state index contributed by atoms with van der Waals surface area (Å²) in [5.41, 5.74) is -0.177. The van der Waals surface area contributed by atoms with E-state index in [2.05, 4.69) is 10.4 Å². The Morgan fingerprint density at radius 2 is 1.96 bits per heavy atom. The monoisotopic (exact) mass is 368 g/mol. The first-order valence-electron chi connectivity index (χ1n) is 7.93. The van der Waals surface area contributed by atoms with Gasteiger partial charge in [0.15, 0.2) is 5.69 Å². The Morgan fingerprint density at radius 3 is 2.50 bits per heavy atom. The van der Waals surface area contributed by atoms with Crippen molar-refractivity contribution in [2.45, 2.75) is 37.9 Å². The second-order valence-electron chi connectivity index (χ2n) is 6.05. The van der Waals surface area contributed by atoms with Crippen molar-refractivity contribution in [3.63, 3.8) is 0 Å². The standard InChI is InChI=1S/C16H15F3N4O3/c17-16(18,19)14-9-13(10-1-2-10)22(21-14)8-7-15(24)20-11-3-5-12(6-4-11)23(25)26/h3-6,9-10H,1-2,7-8H2,(H,20,24). The molecule has 0 aliphatic heterocycles. The molecule has 1 fully saturated rings. The summed E-state index contributed by atoms with van der Waals surface area (Å²) < 4.78 is 39.8. The molecule has 0 atom stereocenters. The molecule has 7 nitrogen and oxygen atoms in total. The average Bonchev–Trinajstić information content (AvgIpc) is 3.31. The summed E-state index contributed by atoms with van der Waals surface area (Å²) in [6, 6.07) is 6.34. The van der Waals surface area contributed by atoms with E-state index in [4.69, 9.17) is 0 Å². The smallest absolute Gasteiger partial charge is 0.326 e. The number of rotatable bonds is 6. The number of anilines is 1. The number of aryl methyl sites for hydroxylation is 1. The highest BCUT2D eigenvalue weighted by atomic mass is 19.4. The molecule has 0 spiro atoms. The van der Waals surface area contributed by atoms with Crippen molar-refractivity contribution in [1.82, 2.24) is 9.78 Å². The van der Waals surface area contributed by atoms with Crippen LogP contribution in [0.4, 0.5) is 24.5 Å². The molecule has 2 aromatic rings. The maximum Gasteiger partial charge on any atom is 0.435 e. The third-order valence-corrected chi connectivity index (χ3v) is 4.01. The summed E-state index contributed by atoms with van der Waals surface area (Å²) in [7, 11) is 0. The minimum atomic E-state index is -4.52. The van der Waals surface area contributed by atoms with Gasteiger partial charge in [-0.15, -0.1) is 0 Å². The second-order valence-corrected chi connectivity index (χ2v) is 6.05. The number of nitro groups is 1. The van der Waals surface area contributed by atoms with E-state index in [0.717, 1.165) is 18.9 Å². The van der Waals surface area contributed by atoms with E-state index in [1.165, 1.54) is 28.9 Å². The van der Waals surface area contributed by atoms with Gasteiger partial charge in [0.1, 0.15) is 0 Å². The molecule has 1 saturated carbocycles. The summed E-state index contributed by atoms with van der Waals surface area (Å²) in [6.07, 6.45) is -2.94. The topological polar surface area (TPSA) is 90.1 Å². The number of alkyl halides is 3. The van der Waals surface area contributed by atoms with Crippen molar-refractivity contribution in [1.29, 1.82) is 0 Å². The summed E-state index contributed by atoms with van der Waals surface area (Å²) in [5.74, 6) is -0.346. The summed E-state index contributed by atoms with van der Waals surface area (Å²) in [6.45, 7) is 0.0285. The third-order valence-electron chi connectivity index (χ3n) is 4.01. The molecule has 3 rings (SSSR count). The Bertz CT molecular complexity index is 826. The molecule has 0 bridgehead atoms. The first-order chi connectivity index (χ1) is 12.2. The highest BCUT2D eigenvalue weighted by Crippen LogP contribution is 2.42. The molecule has 0 radical (unpaired) electrons. The van der Waals surface area contributed by atoms with Gasteiger partial charge in [0.05, 0.1) is 4.92 Å². The highest BCUT2D eigenvalue weighted by Gasteiger charge is 2.37. The average molecular weight is 368 g/mol. The van der Waals surface area contributed by atoms with Crippen molar-refractivity contribution >= 4 is 17.3 Å². The number of nitrogens with one attached hydrogen (secondary N) is 1. The van der Waals surface area contributed by atoms with Crippen LogP contribution in [0.1, 0.15) is 36.6 Å². The Morgan fingerprint density at radius 1 is 1.31 bits per heavy atom. The molecule has 1 aromatic heterocycles. The van der Waals surface area contributed by atoms with E-state index in [-0.39, 0.29) is 24.6 Å². The zero-order chi connectivity index (χ0) is 18.9. The van der Waals surface area contributed by atoms with Gasteiger partial charge in [-0.1, -0.05) is 0 Å². The van der Waals surface area contributed by atoms with Crippen LogP contribution in [0.2, 0.25) is 0 Å². The van der Waals surface area contributed by atoms with Gasteiger partial charge in [0.25, 0.3) is 5.69 Å². The number of nitro benzene ring substituents is 1. The van der Waals surface area contributed by atoms with Gasteiger partial charge in [-0.05, 0) is 31.0 Å². The van der Waals surface area contributed by atoms with Crippen LogP contribution in [0.5, 0.6) is 0 Å². The number of benzene rings is 1. The zero-order valence-corrected chi connectivity index (χ0v) is 13.5. The molecule has 1 N–H and O–H groups in total. The van der Waals surface area contributed by atoms with Crippen LogP contribution in [-0.2, 0) is 17.5 Å². The Kier molecular flexibility index (Phi) is 4.66. The van der Waals surface area contributed by atoms with Crippen LogP contribution in [0.25, 0.3) is 0 Å². The van der Waals surface area contributed by atoms with E-state index >= 15 is 0 Å². The number of amides is 1. The van der Waals surface area contributed by atoms with Gasteiger partial charge in [0.2, 0.25) is 5.91 Å². The lowest BCUT2D eigenvalue weighted by Gasteiger charge is -2.08. The fraction of sp³-hybridized carbons (Fsp3) is 0.375. The molecule has 1 heterocycles. The van der Waals surface area contributed by atoms with Crippen LogP contribution >= 0.6 is 0 Å². The second kappa shape index (κ2) is 6.77. The molecule has 138 valence electrons. The molecule has 1 aromatic carbocycles. The van der Waals surface area contributed by atoms with Gasteiger partial charge in [-0.3, -0.25) is 19.6 Å². The number of hydrogen-bond donors (Lipinski definition) is 1. The number of hydrogen-bond acceptors (Lipinski definition) is 4. The van der Waals surface area contributed by atoms with Crippen LogP contribution in [-0.4, -0.2) is 20.6 Å². The fourth-order valence-corrected chi connectivity index (χ4v) is 2.55. The molecule has 0 unspecified atom stereocenters. The zero-order valence-electron chi connectivity index (χ0n) is 13.5. The quantitative estimate of drug-likeness (QED) is 0.622. The van der Waals surface area contributed by atoms with Gasteiger partial charge < -0.3 is 5.32 Å². The predicted molar refractivity (Wildman–Crippen MR) is 85.5 cm³/mol. The van der Waals surface area contributed by atoms with Crippen LogP contribution in [0.3, 0.4) is 0 Å². The molecule has 1 amide bonds. The van der Waals surface area contributed by atoms with Gasteiger partial charge in [-0.25, -0.2) is 0 Å². The molecule has 0 saturated heterocycles. The summed E-state index contributed by atoms with van der Waals surface area (Å²) in [4.78, 5) is 22.0. The minimum absolute atomic E-state index is 0.0285. The third kappa shape index (κ3) is 4.19. The fourth-order valence-electron chi connectivity index (χ4n) is 2.55. The van der Waals surface area contributed by atoms with Crippen LogP contribution < -0.4 is 5.32 Å². The minimum Gasteiger partial charge on any atom is -0.326 e. The van der Waals surface area contributed by atoms with E-state index in [1.807, 2.05) is 0 Å². The van der Waals surface area contributed by atoms with E-state index in [9.17, 15) is 28.1 Å². The Labute approximate surface area is 146 Å². The normalized spacial score (nSPS) is 14.3. The number of carbonyl (C=O) groups is 1. The largest absolute Gasteiger partial charge is 0.435 e. The van der Waals surface area contributed by atoms with Crippen molar-refractivity contribution < 1.29 is 22.9 Å². The van der Waals surface area contributed by atoms with Crippen molar-refractivity contribution in [2.24, 2.45) is 0 Å². The molecule has 10 heteroatoms. The molecule has 1 aliphatic carbocycles. The molecular weight excluding hydrogens is 353 g/mol. The predicted octanol–water partition coefficient (Wildman–Crippen LogP) is 3.72. The number of nitrogens with zero attached hydrogens (tertiary/aromatic N) is 3. The van der Waals surface area contributed by atoms with Crippen LogP contribution in [0, 0.1) is 10.1 Å². The van der Waals surface area contributed by atoms with Crippen molar-refractivity contribution in [3.05, 3.63) is 51.8 Å². The summed E-state index contributed by atoms with van der Waals surface area (Å²) in [5, 5.41) is 16.7. The molecular formula is C16H15F3N4O3. The number of aromatic nitrogens is 2. The van der Waals surface area contributed by atoms with Gasteiger partial charge in [0, 0.05) is 42.4 Å². The first-order valence-corrected chi connectivity index (χ1v) is 7.93. The Balaban J connectivity index is 1.62. The summed E-state index contributed by atoms with van der Waals surface area (Å²) >= 11 is 0. The van der Waals surface area contributed by atoms with Crippen LogP contribution in [0.15, 0.2) is 30.3 Å². The number of halogens is 3. The maximum absolute atomic E-state index is 12.8. The van der Waals surface area contributed by atoms with Crippen molar-refractivity contribution in [3.8, 4) is 0 Å². The van der Waals surface area contributed by atoms with E-state index in [0.29, 0.717) is 11.4 Å². The van der Waals surface area contributed by atoms with E-state index < -0.39 is 22.7 Å².